The molecule has 0 amide bonds. The lowest BCUT2D eigenvalue weighted by Gasteiger charge is -2.35. The average Bonchev–Trinajstić information content (AvgIpc) is 2.44. The van der Waals surface area contributed by atoms with Gasteiger partial charge in [0.25, 0.3) is 0 Å². The topological polar surface area (TPSA) is 18.5 Å². The van der Waals surface area contributed by atoms with E-state index in [1.54, 1.807) is 0 Å². The highest BCUT2D eigenvalue weighted by Gasteiger charge is 2.48. The molecule has 0 N–H and O–H groups in total. The number of hydrogen-bond acceptors (Lipinski definition) is 2. The fraction of sp³-hybridized carbons (Fsp3) is 0.800. The smallest absolute Gasteiger partial charge is 0.190 e. The van der Waals surface area contributed by atoms with Gasteiger partial charge in [0.1, 0.15) is 0 Å². The van der Waals surface area contributed by atoms with Gasteiger partial charge in [0.15, 0.2) is 5.79 Å². The fourth-order valence-corrected chi connectivity index (χ4v) is 2.11. The van der Waals surface area contributed by atoms with Gasteiger partial charge in [-0.1, -0.05) is 20.4 Å². The molecule has 2 heterocycles. The third-order valence-corrected chi connectivity index (χ3v) is 3.03. The van der Waals surface area contributed by atoms with Crippen LogP contribution in [0.1, 0.15) is 26.7 Å². The Morgan fingerprint density at radius 3 is 3.08 bits per heavy atom. The summed E-state index contributed by atoms with van der Waals surface area (Å²) in [7, 11) is 0. The summed E-state index contributed by atoms with van der Waals surface area (Å²) in [6.45, 7) is 9.07. The van der Waals surface area contributed by atoms with Crippen molar-refractivity contribution in [3.8, 4) is 0 Å². The van der Waals surface area contributed by atoms with E-state index in [1.807, 2.05) is 0 Å². The predicted octanol–water partition coefficient (Wildman–Crippen LogP) is 2.10. The van der Waals surface area contributed by atoms with Crippen LogP contribution in [0, 0.1) is 5.92 Å². The molecule has 0 aliphatic carbocycles. The summed E-state index contributed by atoms with van der Waals surface area (Å²) in [6, 6.07) is 0. The first-order valence-electron chi connectivity index (χ1n) is 4.68. The van der Waals surface area contributed by atoms with E-state index >= 15 is 0 Å². The van der Waals surface area contributed by atoms with Gasteiger partial charge in [0.05, 0.1) is 12.7 Å². The second-order valence-corrected chi connectivity index (χ2v) is 3.86. The molecule has 0 aromatic heterocycles. The van der Waals surface area contributed by atoms with Crippen LogP contribution in [0.15, 0.2) is 12.2 Å². The highest BCUT2D eigenvalue weighted by Crippen LogP contribution is 2.43. The Morgan fingerprint density at radius 2 is 2.42 bits per heavy atom. The summed E-state index contributed by atoms with van der Waals surface area (Å²) in [4.78, 5) is 0. The molecule has 2 bridgehead atoms. The van der Waals surface area contributed by atoms with Crippen molar-refractivity contribution in [2.45, 2.75) is 38.6 Å². The van der Waals surface area contributed by atoms with Crippen molar-refractivity contribution < 1.29 is 9.47 Å². The molecule has 2 rings (SSSR count). The quantitative estimate of drug-likeness (QED) is 0.558. The molecule has 0 aromatic rings. The van der Waals surface area contributed by atoms with E-state index in [0.717, 1.165) is 25.0 Å². The van der Waals surface area contributed by atoms with Gasteiger partial charge in [0.2, 0.25) is 0 Å². The van der Waals surface area contributed by atoms with Crippen molar-refractivity contribution in [1.29, 1.82) is 0 Å². The van der Waals surface area contributed by atoms with Gasteiger partial charge in [-0.25, -0.2) is 0 Å². The van der Waals surface area contributed by atoms with Gasteiger partial charge in [-0.3, -0.25) is 0 Å². The maximum atomic E-state index is 5.84. The molecule has 2 heteroatoms. The van der Waals surface area contributed by atoms with Crippen LogP contribution in [0.2, 0.25) is 0 Å². The van der Waals surface area contributed by atoms with Crippen molar-refractivity contribution >= 4 is 0 Å². The van der Waals surface area contributed by atoms with Gasteiger partial charge in [-0.15, -0.1) is 0 Å². The molecular weight excluding hydrogens is 152 g/mol. The summed E-state index contributed by atoms with van der Waals surface area (Å²) in [6.07, 6.45) is 2.24. The lowest BCUT2D eigenvalue weighted by molar-refractivity contribution is -0.161. The van der Waals surface area contributed by atoms with E-state index in [4.69, 9.17) is 9.47 Å². The van der Waals surface area contributed by atoms with E-state index < -0.39 is 5.79 Å². The van der Waals surface area contributed by atoms with Crippen molar-refractivity contribution in [3.05, 3.63) is 12.2 Å². The van der Waals surface area contributed by atoms with Crippen molar-refractivity contribution in [3.63, 3.8) is 0 Å². The van der Waals surface area contributed by atoms with Crippen LogP contribution < -0.4 is 0 Å². The summed E-state index contributed by atoms with van der Waals surface area (Å²) in [5, 5.41) is 0. The van der Waals surface area contributed by atoms with E-state index in [0.29, 0.717) is 12.0 Å². The van der Waals surface area contributed by atoms with Crippen LogP contribution >= 0.6 is 0 Å². The third kappa shape index (κ3) is 0.947. The normalized spacial score (nSPS) is 46.7. The average molecular weight is 168 g/mol. The first kappa shape index (κ1) is 8.27. The second-order valence-electron chi connectivity index (χ2n) is 3.86. The van der Waals surface area contributed by atoms with Gasteiger partial charge >= 0.3 is 0 Å². The van der Waals surface area contributed by atoms with Gasteiger partial charge in [0, 0.05) is 6.42 Å². The van der Waals surface area contributed by atoms with E-state index in [9.17, 15) is 0 Å². The zero-order chi connectivity index (χ0) is 8.77. The summed E-state index contributed by atoms with van der Waals surface area (Å²) in [5.74, 6) is 0.150. The highest BCUT2D eigenvalue weighted by atomic mass is 16.7. The third-order valence-electron chi connectivity index (χ3n) is 3.03. The molecule has 2 aliphatic heterocycles. The standard InChI is InChI=1S/C10H16O2/c1-4-10-8(3)5-7(2)9(12-10)6-11-10/h7,9H,3-6H2,1-2H3/t7-,9+,10+/m0/s1. The molecule has 2 nitrogen and oxygen atoms in total. The lowest BCUT2D eigenvalue weighted by atomic mass is 9.89. The Morgan fingerprint density at radius 1 is 1.67 bits per heavy atom. The molecule has 2 fully saturated rings. The molecule has 12 heavy (non-hydrogen) atoms. The Balaban J connectivity index is 2.24. The molecule has 0 spiro atoms. The maximum absolute atomic E-state index is 5.84. The van der Waals surface area contributed by atoms with Crippen molar-refractivity contribution in [2.24, 2.45) is 5.92 Å². The Hall–Kier alpha value is -0.340. The van der Waals surface area contributed by atoms with Crippen LogP contribution in [0.3, 0.4) is 0 Å². The predicted molar refractivity (Wildman–Crippen MR) is 46.8 cm³/mol. The van der Waals surface area contributed by atoms with Gasteiger partial charge in [-0.05, 0) is 17.9 Å². The largest absolute Gasteiger partial charge is 0.343 e. The molecule has 68 valence electrons. The highest BCUT2D eigenvalue weighted by molar-refractivity contribution is 5.15. The van der Waals surface area contributed by atoms with Crippen LogP contribution in [-0.4, -0.2) is 18.5 Å². The molecule has 0 aromatic carbocycles. The number of hydrogen-bond donors (Lipinski definition) is 0. The summed E-state index contributed by atoms with van der Waals surface area (Å²) in [5.41, 5.74) is 1.12. The Kier molecular flexibility index (Phi) is 1.77. The number of rotatable bonds is 1. The zero-order valence-corrected chi connectivity index (χ0v) is 7.80. The van der Waals surface area contributed by atoms with Crippen LogP contribution in [0.4, 0.5) is 0 Å². The van der Waals surface area contributed by atoms with Crippen LogP contribution in [0.25, 0.3) is 0 Å². The molecule has 0 radical (unpaired) electrons. The zero-order valence-electron chi connectivity index (χ0n) is 7.80. The Labute approximate surface area is 73.5 Å². The molecule has 3 atom stereocenters. The second kappa shape index (κ2) is 2.57. The van der Waals surface area contributed by atoms with Gasteiger partial charge < -0.3 is 9.47 Å². The summed E-state index contributed by atoms with van der Waals surface area (Å²) >= 11 is 0. The minimum absolute atomic E-state index is 0.301. The van der Waals surface area contributed by atoms with Gasteiger partial charge in [-0.2, -0.15) is 0 Å². The molecule has 0 unspecified atom stereocenters. The van der Waals surface area contributed by atoms with E-state index in [1.165, 1.54) is 0 Å². The van der Waals surface area contributed by atoms with Crippen molar-refractivity contribution in [2.75, 3.05) is 6.61 Å². The van der Waals surface area contributed by atoms with E-state index in [-0.39, 0.29) is 0 Å². The van der Waals surface area contributed by atoms with Crippen molar-refractivity contribution in [1.82, 2.24) is 0 Å². The van der Waals surface area contributed by atoms with E-state index in [2.05, 4.69) is 20.4 Å². The number of fused-ring (bicyclic) bond motifs is 2. The van der Waals surface area contributed by atoms with Crippen LogP contribution in [-0.2, 0) is 9.47 Å². The minimum atomic E-state index is -0.419. The minimum Gasteiger partial charge on any atom is -0.343 e. The maximum Gasteiger partial charge on any atom is 0.190 e. The molecule has 2 aliphatic rings. The summed E-state index contributed by atoms with van der Waals surface area (Å²) < 4.78 is 11.5. The molecule has 2 saturated heterocycles. The first-order chi connectivity index (χ1) is 5.68. The number of ether oxygens (including phenoxy) is 2. The fourth-order valence-electron chi connectivity index (χ4n) is 2.11. The Bertz CT molecular complexity index is 212. The SMILES string of the molecule is C=C1C[C@H](C)[C@H]2CO[C@]1(CC)O2. The monoisotopic (exact) mass is 168 g/mol. The lowest BCUT2D eigenvalue weighted by Crippen LogP contribution is -2.38. The van der Waals surface area contributed by atoms with Crippen LogP contribution in [0.5, 0.6) is 0 Å². The molecular formula is C10H16O2. The molecule has 0 saturated carbocycles. The first-order valence-corrected chi connectivity index (χ1v) is 4.68.